The summed E-state index contributed by atoms with van der Waals surface area (Å²) in [6.07, 6.45) is 3.14. The van der Waals surface area contributed by atoms with Crippen molar-refractivity contribution in [3.63, 3.8) is 0 Å². The van der Waals surface area contributed by atoms with Gasteiger partial charge in [0, 0.05) is 25.2 Å². The smallest absolute Gasteiger partial charge is 0.311 e. The van der Waals surface area contributed by atoms with Crippen molar-refractivity contribution >= 4 is 16.9 Å². The normalized spacial score (nSPS) is 17.3. The molecule has 1 aliphatic rings. The molecule has 0 radical (unpaired) electrons. The third kappa shape index (κ3) is 4.07. The number of hydrogen-bond acceptors (Lipinski definition) is 6. The molecule has 0 amide bonds. The average molecular weight is 403 g/mol. The van der Waals surface area contributed by atoms with Gasteiger partial charge in [0.05, 0.1) is 30.4 Å². The lowest BCUT2D eigenvalue weighted by Gasteiger charge is -2.30. The molecule has 1 unspecified atom stereocenters. The standard InChI is InChI=1S/C21H29N3O5/c1-13(21(2,3)20(26)27)24-12-22-16-10-15(28-5)11-17(18(16)19(24)25)29-14-6-8-23(4)9-7-14/h10-14H,6-9H2,1-5H3,(H,26,27). The number of hydrogen-bond donors (Lipinski definition) is 1. The summed E-state index contributed by atoms with van der Waals surface area (Å²) >= 11 is 0. The van der Waals surface area contributed by atoms with E-state index in [1.807, 2.05) is 0 Å². The highest BCUT2D eigenvalue weighted by Crippen LogP contribution is 2.33. The molecule has 2 heterocycles. The molecule has 1 N–H and O–H groups in total. The maximum Gasteiger partial charge on any atom is 0.311 e. The predicted molar refractivity (Wildman–Crippen MR) is 110 cm³/mol. The SMILES string of the molecule is COc1cc(OC2CCN(C)CC2)c2c(=O)n(C(C)C(C)(C)C(=O)O)cnc2c1. The van der Waals surface area contributed by atoms with Gasteiger partial charge in [-0.15, -0.1) is 0 Å². The van der Waals surface area contributed by atoms with Gasteiger partial charge in [0.2, 0.25) is 0 Å². The Morgan fingerprint density at radius 1 is 1.31 bits per heavy atom. The van der Waals surface area contributed by atoms with Crippen LogP contribution in [0.2, 0.25) is 0 Å². The number of nitrogens with zero attached hydrogens (tertiary/aromatic N) is 3. The second-order valence-corrected chi connectivity index (χ2v) is 8.30. The number of fused-ring (bicyclic) bond motifs is 1. The molecular formula is C21H29N3O5. The van der Waals surface area contributed by atoms with E-state index in [0.29, 0.717) is 22.4 Å². The lowest BCUT2D eigenvalue weighted by atomic mass is 9.85. The van der Waals surface area contributed by atoms with E-state index in [0.717, 1.165) is 25.9 Å². The quantitative estimate of drug-likeness (QED) is 0.792. The van der Waals surface area contributed by atoms with Crippen LogP contribution in [-0.2, 0) is 4.79 Å². The number of ether oxygens (including phenoxy) is 2. The highest BCUT2D eigenvalue weighted by Gasteiger charge is 2.36. The van der Waals surface area contributed by atoms with Crippen molar-refractivity contribution in [3.8, 4) is 11.5 Å². The number of benzene rings is 1. The maximum atomic E-state index is 13.4. The van der Waals surface area contributed by atoms with Gasteiger partial charge >= 0.3 is 5.97 Å². The first-order valence-electron chi connectivity index (χ1n) is 9.82. The van der Waals surface area contributed by atoms with Crippen LogP contribution in [0.4, 0.5) is 0 Å². The van der Waals surface area contributed by atoms with E-state index in [4.69, 9.17) is 9.47 Å². The van der Waals surface area contributed by atoms with Crippen LogP contribution in [0.5, 0.6) is 11.5 Å². The summed E-state index contributed by atoms with van der Waals surface area (Å²) in [6, 6.07) is 2.80. The number of rotatable bonds is 6. The van der Waals surface area contributed by atoms with Crippen LogP contribution < -0.4 is 15.0 Å². The predicted octanol–water partition coefficient (Wildman–Crippen LogP) is 2.55. The first-order chi connectivity index (χ1) is 13.6. The van der Waals surface area contributed by atoms with Crippen molar-refractivity contribution in [2.24, 2.45) is 5.41 Å². The third-order valence-electron chi connectivity index (χ3n) is 6.03. The van der Waals surface area contributed by atoms with Crippen molar-refractivity contribution in [2.45, 2.75) is 45.8 Å². The summed E-state index contributed by atoms with van der Waals surface area (Å²) < 4.78 is 13.0. The Balaban J connectivity index is 2.09. The number of aromatic nitrogens is 2. The molecule has 29 heavy (non-hydrogen) atoms. The van der Waals surface area contributed by atoms with E-state index in [1.165, 1.54) is 10.9 Å². The summed E-state index contributed by atoms with van der Waals surface area (Å²) in [7, 11) is 3.63. The largest absolute Gasteiger partial charge is 0.497 e. The monoisotopic (exact) mass is 403 g/mol. The first kappa shape index (κ1) is 21.1. The fourth-order valence-corrected chi connectivity index (χ4v) is 3.49. The van der Waals surface area contributed by atoms with Crippen LogP contribution in [0.1, 0.15) is 39.7 Å². The summed E-state index contributed by atoms with van der Waals surface area (Å²) in [6.45, 7) is 6.77. The third-order valence-corrected chi connectivity index (χ3v) is 6.03. The number of likely N-dealkylation sites (tertiary alicyclic amines) is 1. The van der Waals surface area contributed by atoms with E-state index in [1.54, 1.807) is 40.0 Å². The molecule has 1 aromatic heterocycles. The zero-order valence-electron chi connectivity index (χ0n) is 17.6. The van der Waals surface area contributed by atoms with Gasteiger partial charge < -0.3 is 19.5 Å². The van der Waals surface area contributed by atoms with E-state index in [9.17, 15) is 14.7 Å². The van der Waals surface area contributed by atoms with Gasteiger partial charge in [0.1, 0.15) is 23.0 Å². The van der Waals surface area contributed by atoms with Crippen LogP contribution in [0, 0.1) is 5.41 Å². The topological polar surface area (TPSA) is 93.9 Å². The number of aliphatic carboxylic acids is 1. The molecule has 1 atom stereocenters. The molecule has 1 fully saturated rings. The fourth-order valence-electron chi connectivity index (χ4n) is 3.49. The molecule has 8 nitrogen and oxygen atoms in total. The van der Waals surface area contributed by atoms with Crippen LogP contribution in [-0.4, -0.2) is 58.9 Å². The number of carboxylic acid groups (broad SMARTS) is 1. The van der Waals surface area contributed by atoms with Gasteiger partial charge in [0.25, 0.3) is 5.56 Å². The molecule has 0 aliphatic carbocycles. The maximum absolute atomic E-state index is 13.4. The fraction of sp³-hybridized carbons (Fsp3) is 0.571. The van der Waals surface area contributed by atoms with Crippen molar-refractivity contribution < 1.29 is 19.4 Å². The zero-order valence-corrected chi connectivity index (χ0v) is 17.6. The van der Waals surface area contributed by atoms with Gasteiger partial charge in [-0.3, -0.25) is 14.2 Å². The molecule has 8 heteroatoms. The van der Waals surface area contributed by atoms with Crippen molar-refractivity contribution in [1.29, 1.82) is 0 Å². The van der Waals surface area contributed by atoms with Gasteiger partial charge in [0.15, 0.2) is 0 Å². The Labute approximate surface area is 170 Å². The highest BCUT2D eigenvalue weighted by molar-refractivity contribution is 5.86. The number of carboxylic acids is 1. The summed E-state index contributed by atoms with van der Waals surface area (Å²) in [5.74, 6) is 0.0135. The Morgan fingerprint density at radius 3 is 2.55 bits per heavy atom. The molecule has 2 aromatic rings. The number of carbonyl (C=O) groups is 1. The minimum absolute atomic E-state index is 0.00227. The van der Waals surface area contributed by atoms with Crippen molar-refractivity contribution in [1.82, 2.24) is 14.5 Å². The molecule has 0 saturated carbocycles. The summed E-state index contributed by atoms with van der Waals surface area (Å²) in [4.78, 5) is 31.7. The molecule has 0 bridgehead atoms. The van der Waals surface area contributed by atoms with Gasteiger partial charge in [-0.2, -0.15) is 0 Å². The van der Waals surface area contributed by atoms with Gasteiger partial charge in [-0.1, -0.05) is 0 Å². The van der Waals surface area contributed by atoms with Crippen molar-refractivity contribution in [3.05, 3.63) is 28.8 Å². The number of piperidine rings is 1. The minimum atomic E-state index is -1.14. The highest BCUT2D eigenvalue weighted by atomic mass is 16.5. The number of methoxy groups -OCH3 is 1. The molecule has 3 rings (SSSR count). The second kappa shape index (κ2) is 8.02. The van der Waals surface area contributed by atoms with Crippen LogP contribution in [0.3, 0.4) is 0 Å². The van der Waals surface area contributed by atoms with Crippen LogP contribution in [0.25, 0.3) is 10.9 Å². The van der Waals surface area contributed by atoms with E-state index < -0.39 is 17.4 Å². The van der Waals surface area contributed by atoms with E-state index >= 15 is 0 Å². The van der Waals surface area contributed by atoms with Gasteiger partial charge in [-0.05, 0) is 40.7 Å². The Kier molecular flexibility index (Phi) is 5.84. The lowest BCUT2D eigenvalue weighted by molar-refractivity contribution is -0.149. The van der Waals surface area contributed by atoms with Crippen LogP contribution >= 0.6 is 0 Å². The van der Waals surface area contributed by atoms with E-state index in [-0.39, 0.29) is 11.7 Å². The molecular weight excluding hydrogens is 374 g/mol. The summed E-state index contributed by atoms with van der Waals surface area (Å²) in [5.41, 5.74) is -0.989. The van der Waals surface area contributed by atoms with Crippen LogP contribution in [0.15, 0.2) is 23.3 Å². The van der Waals surface area contributed by atoms with Gasteiger partial charge in [-0.25, -0.2) is 4.98 Å². The molecule has 1 aliphatic heterocycles. The summed E-state index contributed by atoms with van der Waals surface area (Å²) in [5, 5.41) is 9.90. The Hall–Kier alpha value is -2.61. The Morgan fingerprint density at radius 2 is 1.97 bits per heavy atom. The first-order valence-corrected chi connectivity index (χ1v) is 9.82. The Bertz CT molecular complexity index is 961. The molecule has 158 valence electrons. The van der Waals surface area contributed by atoms with Crippen molar-refractivity contribution in [2.75, 3.05) is 27.2 Å². The average Bonchev–Trinajstić information content (AvgIpc) is 2.69. The molecule has 0 spiro atoms. The molecule has 1 aromatic carbocycles. The zero-order chi connectivity index (χ0) is 21.3. The second-order valence-electron chi connectivity index (χ2n) is 8.30. The lowest BCUT2D eigenvalue weighted by Crippen LogP contribution is -2.38. The minimum Gasteiger partial charge on any atom is -0.497 e. The molecule has 1 saturated heterocycles. The van der Waals surface area contributed by atoms with E-state index in [2.05, 4.69) is 16.9 Å².